The standard InChI is InChI=1S/C21H20N2O3S2/c1-14-7-6-8-17(11-14)23(15(2)24)21-22-16(13-28-21)12-26-20(25)18-9-4-5-10-19(18)27-3/h4-11,13H,12H2,1-3H3. The summed E-state index contributed by atoms with van der Waals surface area (Å²) in [5.74, 6) is -0.515. The number of rotatable bonds is 6. The van der Waals surface area contributed by atoms with Crippen molar-refractivity contribution in [1.82, 2.24) is 4.98 Å². The second-order valence-corrected chi connectivity index (χ2v) is 7.78. The Morgan fingerprint density at radius 3 is 2.68 bits per heavy atom. The van der Waals surface area contributed by atoms with Crippen molar-refractivity contribution in [3.05, 3.63) is 70.7 Å². The fourth-order valence-corrected chi connectivity index (χ4v) is 4.15. The molecule has 7 heteroatoms. The second kappa shape index (κ2) is 9.03. The van der Waals surface area contributed by atoms with E-state index in [1.807, 2.05) is 55.6 Å². The number of ether oxygens (including phenoxy) is 1. The van der Waals surface area contributed by atoms with Gasteiger partial charge in [-0.2, -0.15) is 0 Å². The third kappa shape index (κ3) is 4.61. The van der Waals surface area contributed by atoms with E-state index in [4.69, 9.17) is 4.74 Å². The molecule has 1 aromatic heterocycles. The van der Waals surface area contributed by atoms with E-state index in [9.17, 15) is 9.59 Å². The van der Waals surface area contributed by atoms with Crippen molar-refractivity contribution in [3.8, 4) is 0 Å². The zero-order chi connectivity index (χ0) is 20.1. The Morgan fingerprint density at radius 1 is 1.18 bits per heavy atom. The Kier molecular flexibility index (Phi) is 6.49. The predicted molar refractivity (Wildman–Crippen MR) is 113 cm³/mol. The average Bonchev–Trinajstić information content (AvgIpc) is 3.14. The monoisotopic (exact) mass is 412 g/mol. The van der Waals surface area contributed by atoms with Gasteiger partial charge in [-0.1, -0.05) is 24.3 Å². The van der Waals surface area contributed by atoms with Crippen molar-refractivity contribution >= 4 is 45.8 Å². The number of amides is 1. The van der Waals surface area contributed by atoms with Crippen LogP contribution in [0.5, 0.6) is 0 Å². The van der Waals surface area contributed by atoms with Gasteiger partial charge in [0.25, 0.3) is 0 Å². The van der Waals surface area contributed by atoms with Crippen LogP contribution in [-0.4, -0.2) is 23.1 Å². The van der Waals surface area contributed by atoms with Crippen molar-refractivity contribution in [1.29, 1.82) is 0 Å². The lowest BCUT2D eigenvalue weighted by molar-refractivity contribution is -0.115. The maximum absolute atomic E-state index is 12.4. The molecule has 5 nitrogen and oxygen atoms in total. The van der Waals surface area contributed by atoms with Gasteiger partial charge in [0.15, 0.2) is 5.13 Å². The quantitative estimate of drug-likeness (QED) is 0.411. The third-order valence-electron chi connectivity index (χ3n) is 3.98. The van der Waals surface area contributed by atoms with Gasteiger partial charge in [-0.25, -0.2) is 9.78 Å². The molecule has 1 amide bonds. The van der Waals surface area contributed by atoms with Crippen LogP contribution < -0.4 is 4.90 Å². The maximum atomic E-state index is 12.4. The van der Waals surface area contributed by atoms with Gasteiger partial charge in [0, 0.05) is 17.2 Å². The number of aryl methyl sites for hydroxylation is 1. The molecule has 0 fully saturated rings. The van der Waals surface area contributed by atoms with Gasteiger partial charge in [-0.3, -0.25) is 9.69 Å². The molecule has 0 N–H and O–H groups in total. The molecular weight excluding hydrogens is 392 g/mol. The highest BCUT2D eigenvalue weighted by molar-refractivity contribution is 7.98. The van der Waals surface area contributed by atoms with E-state index in [0.717, 1.165) is 16.1 Å². The van der Waals surface area contributed by atoms with E-state index in [1.165, 1.54) is 30.0 Å². The number of benzene rings is 2. The van der Waals surface area contributed by atoms with E-state index >= 15 is 0 Å². The molecule has 0 aliphatic heterocycles. The number of anilines is 2. The molecule has 0 saturated heterocycles. The molecule has 0 atom stereocenters. The fraction of sp³-hybridized carbons (Fsp3) is 0.190. The van der Waals surface area contributed by atoms with Crippen LogP contribution in [0.25, 0.3) is 0 Å². The third-order valence-corrected chi connectivity index (χ3v) is 5.65. The maximum Gasteiger partial charge on any atom is 0.339 e. The first-order valence-corrected chi connectivity index (χ1v) is 10.7. The van der Waals surface area contributed by atoms with Crippen LogP contribution in [-0.2, 0) is 16.1 Å². The van der Waals surface area contributed by atoms with Crippen LogP contribution in [0.15, 0.2) is 58.8 Å². The van der Waals surface area contributed by atoms with E-state index in [-0.39, 0.29) is 18.5 Å². The van der Waals surface area contributed by atoms with Gasteiger partial charge in [-0.15, -0.1) is 23.1 Å². The topological polar surface area (TPSA) is 59.5 Å². The molecule has 0 unspecified atom stereocenters. The molecule has 0 bridgehead atoms. The zero-order valence-electron chi connectivity index (χ0n) is 15.8. The Labute approximate surface area is 172 Å². The summed E-state index contributed by atoms with van der Waals surface area (Å²) in [7, 11) is 0. The first-order valence-electron chi connectivity index (χ1n) is 8.61. The van der Waals surface area contributed by atoms with E-state index in [0.29, 0.717) is 16.4 Å². The number of esters is 1. The molecule has 0 saturated carbocycles. The first kappa shape index (κ1) is 20.1. The van der Waals surface area contributed by atoms with Crippen LogP contribution >= 0.6 is 23.1 Å². The summed E-state index contributed by atoms with van der Waals surface area (Å²) >= 11 is 2.84. The first-order chi connectivity index (χ1) is 13.5. The minimum Gasteiger partial charge on any atom is -0.456 e. The van der Waals surface area contributed by atoms with Crippen LogP contribution in [0.1, 0.15) is 28.5 Å². The van der Waals surface area contributed by atoms with Gasteiger partial charge in [0.2, 0.25) is 5.91 Å². The Bertz CT molecular complexity index is 1000. The highest BCUT2D eigenvalue weighted by Crippen LogP contribution is 2.30. The molecule has 0 radical (unpaired) electrons. The molecule has 3 aromatic rings. The Balaban J connectivity index is 1.74. The molecule has 0 aliphatic carbocycles. The highest BCUT2D eigenvalue weighted by Gasteiger charge is 2.19. The van der Waals surface area contributed by atoms with E-state index < -0.39 is 0 Å². The summed E-state index contributed by atoms with van der Waals surface area (Å²) in [6, 6.07) is 15.0. The Morgan fingerprint density at radius 2 is 1.96 bits per heavy atom. The number of thioether (sulfide) groups is 1. The van der Waals surface area contributed by atoms with Gasteiger partial charge in [-0.05, 0) is 43.0 Å². The molecule has 28 heavy (non-hydrogen) atoms. The van der Waals surface area contributed by atoms with Crippen molar-refractivity contribution < 1.29 is 14.3 Å². The normalized spacial score (nSPS) is 10.5. The average molecular weight is 413 g/mol. The lowest BCUT2D eigenvalue weighted by atomic mass is 10.2. The summed E-state index contributed by atoms with van der Waals surface area (Å²) in [6.45, 7) is 3.53. The van der Waals surface area contributed by atoms with Crippen LogP contribution in [0.3, 0.4) is 0 Å². The molecule has 144 valence electrons. The number of hydrogen-bond donors (Lipinski definition) is 0. The van der Waals surface area contributed by atoms with Gasteiger partial charge >= 0.3 is 5.97 Å². The largest absolute Gasteiger partial charge is 0.456 e. The fourth-order valence-electron chi connectivity index (χ4n) is 2.69. The lowest BCUT2D eigenvalue weighted by Crippen LogP contribution is -2.22. The molecule has 0 aliphatic rings. The van der Waals surface area contributed by atoms with Crippen LogP contribution in [0.4, 0.5) is 10.8 Å². The number of carbonyl (C=O) groups excluding carboxylic acids is 2. The number of carbonyl (C=O) groups is 2. The molecular formula is C21H20N2O3S2. The molecule has 2 aromatic carbocycles. The SMILES string of the molecule is CSc1ccccc1C(=O)OCc1csc(N(C(C)=O)c2cccc(C)c2)n1. The van der Waals surface area contributed by atoms with E-state index in [1.54, 1.807) is 16.3 Å². The minimum absolute atomic E-state index is 0.0532. The highest BCUT2D eigenvalue weighted by atomic mass is 32.2. The van der Waals surface area contributed by atoms with Gasteiger partial charge in [0.1, 0.15) is 6.61 Å². The van der Waals surface area contributed by atoms with Crippen molar-refractivity contribution in [2.75, 3.05) is 11.2 Å². The van der Waals surface area contributed by atoms with E-state index in [2.05, 4.69) is 4.98 Å². The Hall–Kier alpha value is -2.64. The zero-order valence-corrected chi connectivity index (χ0v) is 17.5. The van der Waals surface area contributed by atoms with Crippen molar-refractivity contribution in [3.63, 3.8) is 0 Å². The van der Waals surface area contributed by atoms with Crippen molar-refractivity contribution in [2.45, 2.75) is 25.3 Å². The summed E-state index contributed by atoms with van der Waals surface area (Å²) in [5.41, 5.74) is 2.96. The van der Waals surface area contributed by atoms with Crippen molar-refractivity contribution in [2.24, 2.45) is 0 Å². The number of hydrogen-bond acceptors (Lipinski definition) is 6. The number of nitrogens with zero attached hydrogens (tertiary/aromatic N) is 2. The minimum atomic E-state index is -0.387. The second-order valence-electron chi connectivity index (χ2n) is 6.09. The van der Waals surface area contributed by atoms with Crippen LogP contribution in [0, 0.1) is 6.92 Å². The summed E-state index contributed by atoms with van der Waals surface area (Å²) in [5, 5.41) is 2.35. The number of thiazole rings is 1. The lowest BCUT2D eigenvalue weighted by Gasteiger charge is -2.18. The molecule has 1 heterocycles. The molecule has 3 rings (SSSR count). The summed E-state index contributed by atoms with van der Waals surface area (Å²) in [6.07, 6.45) is 1.92. The smallest absolute Gasteiger partial charge is 0.339 e. The summed E-state index contributed by atoms with van der Waals surface area (Å²) in [4.78, 5) is 31.5. The summed E-state index contributed by atoms with van der Waals surface area (Å²) < 4.78 is 5.42. The predicted octanol–water partition coefficient (Wildman–Crippen LogP) is 5.22. The molecule has 0 spiro atoms. The number of aromatic nitrogens is 1. The van der Waals surface area contributed by atoms with Crippen LogP contribution in [0.2, 0.25) is 0 Å². The van der Waals surface area contributed by atoms with Gasteiger partial charge in [0.05, 0.1) is 16.9 Å². The van der Waals surface area contributed by atoms with Gasteiger partial charge < -0.3 is 4.74 Å².